The van der Waals surface area contributed by atoms with Crippen LogP contribution >= 0.6 is 0 Å². The maximum Gasteiger partial charge on any atom is 0.416 e. The third kappa shape index (κ3) is 6.26. The van der Waals surface area contributed by atoms with Crippen molar-refractivity contribution in [3.63, 3.8) is 0 Å². The predicted octanol–water partition coefficient (Wildman–Crippen LogP) is 3.63. The summed E-state index contributed by atoms with van der Waals surface area (Å²) in [6.07, 6.45) is -4.46. The van der Waals surface area contributed by atoms with E-state index in [0.29, 0.717) is 5.56 Å². The molecule has 0 bridgehead atoms. The number of hydrogen-bond donors (Lipinski definition) is 3. The number of alkyl halides is 3. The van der Waals surface area contributed by atoms with Gasteiger partial charge in [-0.2, -0.15) is 13.2 Å². The number of amides is 3. The Morgan fingerprint density at radius 2 is 1.64 bits per heavy atom. The zero-order valence-corrected chi connectivity index (χ0v) is 14.9. The van der Waals surface area contributed by atoms with Crippen molar-refractivity contribution in [1.29, 1.82) is 0 Å². The van der Waals surface area contributed by atoms with E-state index in [4.69, 9.17) is 0 Å². The average Bonchev–Trinajstić information content (AvgIpc) is 2.64. The Morgan fingerprint density at radius 1 is 1.00 bits per heavy atom. The Labute approximate surface area is 159 Å². The molecule has 9 heteroatoms. The fraction of sp³-hybridized carbons (Fsp3) is 0.263. The molecular weight excluding hydrogens is 378 g/mol. The van der Waals surface area contributed by atoms with Crippen molar-refractivity contribution in [2.24, 2.45) is 0 Å². The number of nitrogens with one attached hydrogen (secondary N) is 3. The average molecular weight is 397 g/mol. The molecule has 28 heavy (non-hydrogen) atoms. The van der Waals surface area contributed by atoms with Gasteiger partial charge in [0, 0.05) is 18.7 Å². The molecule has 3 N–H and O–H groups in total. The third-order valence-electron chi connectivity index (χ3n) is 3.87. The molecule has 0 saturated carbocycles. The van der Waals surface area contributed by atoms with Crippen LogP contribution in [0.5, 0.6) is 0 Å². The highest BCUT2D eigenvalue weighted by atomic mass is 19.4. The summed E-state index contributed by atoms with van der Waals surface area (Å²) in [5.41, 5.74) is -0.155. The smallest absolute Gasteiger partial charge is 0.350 e. The van der Waals surface area contributed by atoms with Crippen LogP contribution in [-0.4, -0.2) is 25.0 Å². The largest absolute Gasteiger partial charge is 0.416 e. The van der Waals surface area contributed by atoms with Gasteiger partial charge < -0.3 is 16.0 Å². The number of halogens is 4. The Hall–Kier alpha value is -3.10. The van der Waals surface area contributed by atoms with Crippen LogP contribution in [0.25, 0.3) is 0 Å². The molecule has 0 aromatic heterocycles. The molecule has 0 saturated heterocycles. The SMILES string of the molecule is C[C@@H](NC(=O)NCCNC(=O)c1ccc(C(F)(F)F)cc1)c1cccc(F)c1. The summed E-state index contributed by atoms with van der Waals surface area (Å²) >= 11 is 0. The lowest BCUT2D eigenvalue weighted by molar-refractivity contribution is -0.137. The monoisotopic (exact) mass is 397 g/mol. The van der Waals surface area contributed by atoms with E-state index in [-0.39, 0.29) is 18.7 Å². The molecule has 0 aliphatic heterocycles. The van der Waals surface area contributed by atoms with Gasteiger partial charge in [0.05, 0.1) is 11.6 Å². The molecule has 3 amide bonds. The molecule has 2 rings (SSSR count). The zero-order chi connectivity index (χ0) is 20.7. The summed E-state index contributed by atoms with van der Waals surface area (Å²) in [5.74, 6) is -0.957. The summed E-state index contributed by atoms with van der Waals surface area (Å²) in [5, 5.41) is 7.65. The first-order valence-electron chi connectivity index (χ1n) is 8.42. The Morgan fingerprint density at radius 3 is 2.25 bits per heavy atom. The summed E-state index contributed by atoms with van der Waals surface area (Å²) in [4.78, 5) is 23.7. The van der Waals surface area contributed by atoms with Gasteiger partial charge in [-0.15, -0.1) is 0 Å². The van der Waals surface area contributed by atoms with Gasteiger partial charge in [-0.25, -0.2) is 9.18 Å². The van der Waals surface area contributed by atoms with E-state index in [9.17, 15) is 27.2 Å². The van der Waals surface area contributed by atoms with Crippen molar-refractivity contribution >= 4 is 11.9 Å². The number of carbonyl (C=O) groups is 2. The predicted molar refractivity (Wildman–Crippen MR) is 95.1 cm³/mol. The quantitative estimate of drug-likeness (QED) is 0.515. The van der Waals surface area contributed by atoms with Crippen molar-refractivity contribution in [3.05, 3.63) is 71.0 Å². The van der Waals surface area contributed by atoms with Crippen LogP contribution in [0.4, 0.5) is 22.4 Å². The first-order valence-corrected chi connectivity index (χ1v) is 8.42. The molecule has 2 aromatic rings. The summed E-state index contributed by atoms with van der Waals surface area (Å²) in [6.45, 7) is 1.89. The van der Waals surface area contributed by atoms with Crippen LogP contribution in [0.1, 0.15) is 34.5 Å². The normalized spacial score (nSPS) is 12.2. The second kappa shape index (κ2) is 9.20. The lowest BCUT2D eigenvalue weighted by Gasteiger charge is -2.15. The van der Waals surface area contributed by atoms with Crippen LogP contribution in [0.3, 0.4) is 0 Å². The van der Waals surface area contributed by atoms with Gasteiger partial charge in [0.1, 0.15) is 5.82 Å². The van der Waals surface area contributed by atoms with Crippen molar-refractivity contribution in [3.8, 4) is 0 Å². The molecule has 0 unspecified atom stereocenters. The highest BCUT2D eigenvalue weighted by Gasteiger charge is 2.30. The number of carbonyl (C=O) groups excluding carboxylic acids is 2. The molecule has 150 valence electrons. The lowest BCUT2D eigenvalue weighted by atomic mass is 10.1. The first-order chi connectivity index (χ1) is 13.2. The molecule has 2 aromatic carbocycles. The van der Waals surface area contributed by atoms with E-state index in [1.807, 2.05) is 0 Å². The molecule has 0 aliphatic carbocycles. The maximum absolute atomic E-state index is 13.2. The van der Waals surface area contributed by atoms with E-state index in [1.165, 1.54) is 18.2 Å². The second-order valence-corrected chi connectivity index (χ2v) is 6.01. The van der Waals surface area contributed by atoms with Gasteiger partial charge >= 0.3 is 12.2 Å². The van der Waals surface area contributed by atoms with E-state index in [2.05, 4.69) is 16.0 Å². The second-order valence-electron chi connectivity index (χ2n) is 6.01. The van der Waals surface area contributed by atoms with Gasteiger partial charge in [-0.05, 0) is 48.9 Å². The van der Waals surface area contributed by atoms with Crippen LogP contribution in [0.15, 0.2) is 48.5 Å². The number of benzene rings is 2. The van der Waals surface area contributed by atoms with Crippen molar-refractivity contribution < 1.29 is 27.2 Å². The van der Waals surface area contributed by atoms with E-state index >= 15 is 0 Å². The van der Waals surface area contributed by atoms with Crippen molar-refractivity contribution in [1.82, 2.24) is 16.0 Å². The van der Waals surface area contributed by atoms with Crippen LogP contribution in [0.2, 0.25) is 0 Å². The minimum atomic E-state index is -4.46. The Kier molecular flexibility index (Phi) is 6.97. The van der Waals surface area contributed by atoms with E-state index in [1.54, 1.807) is 13.0 Å². The fourth-order valence-electron chi connectivity index (χ4n) is 2.37. The molecule has 5 nitrogen and oxygen atoms in total. The van der Waals surface area contributed by atoms with Crippen LogP contribution in [0, 0.1) is 5.82 Å². The van der Waals surface area contributed by atoms with Gasteiger partial charge in [0.15, 0.2) is 0 Å². The lowest BCUT2D eigenvalue weighted by Crippen LogP contribution is -2.41. The molecule has 0 radical (unpaired) electrons. The van der Waals surface area contributed by atoms with Crippen LogP contribution < -0.4 is 16.0 Å². The van der Waals surface area contributed by atoms with E-state index in [0.717, 1.165) is 24.3 Å². The molecule has 1 atom stereocenters. The topological polar surface area (TPSA) is 70.2 Å². The van der Waals surface area contributed by atoms with Gasteiger partial charge in [-0.1, -0.05) is 12.1 Å². The molecule has 0 heterocycles. The summed E-state index contributed by atoms with van der Waals surface area (Å²) in [6, 6.07) is 8.74. The summed E-state index contributed by atoms with van der Waals surface area (Å²) in [7, 11) is 0. The van der Waals surface area contributed by atoms with Crippen LogP contribution in [-0.2, 0) is 6.18 Å². The van der Waals surface area contributed by atoms with Gasteiger partial charge in [0.2, 0.25) is 0 Å². The minimum Gasteiger partial charge on any atom is -0.350 e. The Bertz CT molecular complexity index is 823. The van der Waals surface area contributed by atoms with E-state index < -0.39 is 35.5 Å². The zero-order valence-electron chi connectivity index (χ0n) is 14.9. The highest BCUT2D eigenvalue weighted by molar-refractivity contribution is 5.94. The Balaban J connectivity index is 1.73. The standard InChI is InChI=1S/C19H19F4N3O2/c1-12(14-3-2-4-16(20)11-14)26-18(28)25-10-9-24-17(27)13-5-7-15(8-6-13)19(21,22)23/h2-8,11-12H,9-10H2,1H3,(H,24,27)(H2,25,26,28)/t12-/m1/s1. The summed E-state index contributed by atoms with van der Waals surface area (Å²) < 4.78 is 50.7. The first kappa shape index (κ1) is 21.2. The van der Waals surface area contributed by atoms with Gasteiger partial charge in [0.25, 0.3) is 5.91 Å². The third-order valence-corrected chi connectivity index (χ3v) is 3.87. The molecule has 0 spiro atoms. The maximum atomic E-state index is 13.2. The van der Waals surface area contributed by atoms with Crippen molar-refractivity contribution in [2.75, 3.05) is 13.1 Å². The minimum absolute atomic E-state index is 0.0807. The van der Waals surface area contributed by atoms with Crippen molar-refractivity contribution in [2.45, 2.75) is 19.1 Å². The highest BCUT2D eigenvalue weighted by Crippen LogP contribution is 2.29. The number of rotatable bonds is 6. The fourth-order valence-corrected chi connectivity index (χ4v) is 2.37. The molecular formula is C19H19F4N3O2. The molecule has 0 aliphatic rings. The number of urea groups is 1. The molecule has 0 fully saturated rings. The van der Waals surface area contributed by atoms with Gasteiger partial charge in [-0.3, -0.25) is 4.79 Å². The number of hydrogen-bond acceptors (Lipinski definition) is 2.